The minimum absolute atomic E-state index is 0.0955. The molecule has 0 aliphatic carbocycles. The molecule has 1 N–H and O–H groups in total. The van der Waals surface area contributed by atoms with Gasteiger partial charge in [-0.25, -0.2) is 9.97 Å². The van der Waals surface area contributed by atoms with Gasteiger partial charge in [-0.2, -0.15) is 0 Å². The number of hydrogen-bond donors (Lipinski definition) is 1. The fraction of sp³-hybridized carbons (Fsp3) is 0.118. The molecule has 1 aromatic heterocycles. The van der Waals surface area contributed by atoms with E-state index in [0.29, 0.717) is 5.52 Å². The Hall–Kier alpha value is -4.35. The van der Waals surface area contributed by atoms with E-state index in [1.807, 2.05) is 0 Å². The first-order valence-electron chi connectivity index (χ1n) is 7.82. The van der Waals surface area contributed by atoms with Gasteiger partial charge in [0.05, 0.1) is 40.3 Å². The zero-order valence-electron chi connectivity index (χ0n) is 15.1. The zero-order valence-corrected chi connectivity index (χ0v) is 15.1. The van der Waals surface area contributed by atoms with Crippen molar-refractivity contribution < 1.29 is 29.2 Å². The Bertz CT molecular complexity index is 1080. The third-order valence-corrected chi connectivity index (χ3v) is 3.26. The molecule has 0 radical (unpaired) electrons. The highest BCUT2D eigenvalue weighted by atomic mass is 16.6. The van der Waals surface area contributed by atoms with E-state index in [4.69, 9.17) is 19.4 Å². The molecule has 0 aliphatic heterocycles. The van der Waals surface area contributed by atoms with Crippen LogP contribution in [0.25, 0.3) is 11.0 Å². The number of non-ortho nitro benzene ring substituents is 1. The molecule has 3 aromatic rings. The van der Waals surface area contributed by atoms with Crippen molar-refractivity contribution in [1.82, 2.24) is 9.97 Å². The summed E-state index contributed by atoms with van der Waals surface area (Å²) in [6, 6.07) is 7.90. The van der Waals surface area contributed by atoms with Crippen LogP contribution in [0.1, 0.15) is 6.92 Å². The fourth-order valence-corrected chi connectivity index (χ4v) is 2.12. The molecule has 0 saturated heterocycles. The molecule has 12 heteroatoms. The van der Waals surface area contributed by atoms with Crippen LogP contribution in [-0.4, -0.2) is 38.0 Å². The first-order chi connectivity index (χ1) is 13.7. The van der Waals surface area contributed by atoms with Crippen molar-refractivity contribution in [3.05, 3.63) is 62.8 Å². The predicted molar refractivity (Wildman–Crippen MR) is 99.2 cm³/mol. The summed E-state index contributed by atoms with van der Waals surface area (Å²) in [5.74, 6) is -0.621. The minimum atomic E-state index is -0.833. The molecule has 29 heavy (non-hydrogen) atoms. The molecular weight excluding hydrogens is 388 g/mol. The smallest absolute Gasteiger partial charge is 0.313 e. The van der Waals surface area contributed by atoms with Crippen LogP contribution in [0.3, 0.4) is 0 Å². The SMILES string of the molecule is CC(=O)O.COc1cnc2cc(Oc3cccc([N+](=O)[O-])c3)c([N+](=O)[O-])cc2n1. The summed E-state index contributed by atoms with van der Waals surface area (Å²) in [6.45, 7) is 1.08. The van der Waals surface area contributed by atoms with Gasteiger partial charge in [0.25, 0.3) is 11.7 Å². The lowest BCUT2D eigenvalue weighted by Crippen LogP contribution is -1.97. The molecule has 0 saturated carbocycles. The topological polar surface area (TPSA) is 168 Å². The number of methoxy groups -OCH3 is 1. The van der Waals surface area contributed by atoms with Crippen molar-refractivity contribution in [1.29, 1.82) is 0 Å². The lowest BCUT2D eigenvalue weighted by Gasteiger charge is -2.08. The molecule has 0 unspecified atom stereocenters. The number of aliphatic carboxylic acids is 1. The highest BCUT2D eigenvalue weighted by Gasteiger charge is 2.20. The second kappa shape index (κ2) is 9.03. The first-order valence-corrected chi connectivity index (χ1v) is 7.82. The Kier molecular flexibility index (Phi) is 6.53. The Balaban J connectivity index is 0.000000687. The van der Waals surface area contributed by atoms with E-state index < -0.39 is 15.8 Å². The van der Waals surface area contributed by atoms with Crippen molar-refractivity contribution in [3.8, 4) is 17.4 Å². The quantitative estimate of drug-likeness (QED) is 0.493. The second-order valence-electron chi connectivity index (χ2n) is 5.35. The van der Waals surface area contributed by atoms with E-state index >= 15 is 0 Å². The monoisotopic (exact) mass is 402 g/mol. The largest absolute Gasteiger partial charge is 0.481 e. The maximum absolute atomic E-state index is 11.3. The summed E-state index contributed by atoms with van der Waals surface area (Å²) in [5.41, 5.74) is 0.0799. The third kappa shape index (κ3) is 5.56. The molecule has 3 rings (SSSR count). The van der Waals surface area contributed by atoms with Crippen molar-refractivity contribution in [2.24, 2.45) is 0 Å². The van der Waals surface area contributed by atoms with Crippen LogP contribution in [-0.2, 0) is 4.79 Å². The average molecular weight is 402 g/mol. The van der Waals surface area contributed by atoms with Crippen molar-refractivity contribution >= 4 is 28.4 Å². The van der Waals surface area contributed by atoms with Crippen LogP contribution in [0.4, 0.5) is 11.4 Å². The summed E-state index contributed by atoms with van der Waals surface area (Å²) >= 11 is 0. The normalized spacial score (nSPS) is 9.86. The number of hydrogen-bond acceptors (Lipinski definition) is 9. The van der Waals surface area contributed by atoms with Crippen LogP contribution >= 0.6 is 0 Å². The number of aromatic nitrogens is 2. The molecule has 0 amide bonds. The Morgan fingerprint density at radius 2 is 1.79 bits per heavy atom. The number of nitrogens with zero attached hydrogens (tertiary/aromatic N) is 4. The number of nitro benzene ring substituents is 2. The number of benzene rings is 2. The van der Waals surface area contributed by atoms with Gasteiger partial charge in [-0.1, -0.05) is 6.07 Å². The molecule has 0 atom stereocenters. The summed E-state index contributed by atoms with van der Waals surface area (Å²) in [7, 11) is 1.41. The molecule has 0 fully saturated rings. The molecule has 0 spiro atoms. The van der Waals surface area contributed by atoms with Crippen LogP contribution in [0.15, 0.2) is 42.6 Å². The van der Waals surface area contributed by atoms with Crippen LogP contribution < -0.4 is 9.47 Å². The van der Waals surface area contributed by atoms with E-state index in [0.717, 1.165) is 6.92 Å². The van der Waals surface area contributed by atoms with Crippen LogP contribution in [0.5, 0.6) is 17.4 Å². The van der Waals surface area contributed by atoms with Crippen LogP contribution in [0.2, 0.25) is 0 Å². The number of ether oxygens (including phenoxy) is 2. The van der Waals surface area contributed by atoms with Crippen molar-refractivity contribution in [3.63, 3.8) is 0 Å². The zero-order chi connectivity index (χ0) is 21.6. The predicted octanol–water partition coefficient (Wildman–Crippen LogP) is 3.34. The molecule has 2 aromatic carbocycles. The van der Waals surface area contributed by atoms with Gasteiger partial charge in [0.2, 0.25) is 11.6 Å². The molecular formula is C17H14N4O8. The fourth-order valence-electron chi connectivity index (χ4n) is 2.12. The summed E-state index contributed by atoms with van der Waals surface area (Å²) in [4.78, 5) is 38.1. The lowest BCUT2D eigenvalue weighted by atomic mass is 10.2. The van der Waals surface area contributed by atoms with E-state index in [-0.39, 0.29) is 34.3 Å². The van der Waals surface area contributed by atoms with Crippen LogP contribution in [0, 0.1) is 20.2 Å². The summed E-state index contributed by atoms with van der Waals surface area (Å²) in [6.07, 6.45) is 1.37. The summed E-state index contributed by atoms with van der Waals surface area (Å²) < 4.78 is 10.4. The first kappa shape index (κ1) is 21.0. The highest BCUT2D eigenvalue weighted by Crippen LogP contribution is 2.35. The van der Waals surface area contributed by atoms with E-state index in [1.165, 1.54) is 49.7 Å². The van der Waals surface area contributed by atoms with Gasteiger partial charge in [0, 0.05) is 25.1 Å². The third-order valence-electron chi connectivity index (χ3n) is 3.26. The minimum Gasteiger partial charge on any atom is -0.481 e. The number of rotatable bonds is 5. The molecule has 150 valence electrons. The van der Waals surface area contributed by atoms with Crippen molar-refractivity contribution in [2.75, 3.05) is 7.11 Å². The maximum Gasteiger partial charge on any atom is 0.313 e. The molecule has 1 heterocycles. The van der Waals surface area contributed by atoms with Gasteiger partial charge in [0.15, 0.2) is 0 Å². The summed E-state index contributed by atoms with van der Waals surface area (Å²) in [5, 5.41) is 29.6. The highest BCUT2D eigenvalue weighted by molar-refractivity contribution is 5.80. The van der Waals surface area contributed by atoms with Crippen molar-refractivity contribution in [2.45, 2.75) is 6.92 Å². The van der Waals surface area contributed by atoms with Gasteiger partial charge < -0.3 is 14.6 Å². The number of nitro groups is 2. The van der Waals surface area contributed by atoms with Gasteiger partial charge >= 0.3 is 5.69 Å². The number of carboxylic acids is 1. The van der Waals surface area contributed by atoms with E-state index in [9.17, 15) is 20.2 Å². The Morgan fingerprint density at radius 3 is 2.38 bits per heavy atom. The van der Waals surface area contributed by atoms with Gasteiger partial charge in [-0.15, -0.1) is 0 Å². The van der Waals surface area contributed by atoms with E-state index in [1.54, 1.807) is 0 Å². The number of fused-ring (bicyclic) bond motifs is 1. The Labute approximate surface area is 162 Å². The lowest BCUT2D eigenvalue weighted by molar-refractivity contribution is -0.385. The molecule has 12 nitrogen and oxygen atoms in total. The number of carboxylic acid groups (broad SMARTS) is 1. The van der Waals surface area contributed by atoms with Gasteiger partial charge in [-0.05, 0) is 6.07 Å². The number of carbonyl (C=O) groups is 1. The average Bonchev–Trinajstić information content (AvgIpc) is 2.66. The van der Waals surface area contributed by atoms with Gasteiger partial charge in [0.1, 0.15) is 5.75 Å². The van der Waals surface area contributed by atoms with E-state index in [2.05, 4.69) is 9.97 Å². The maximum atomic E-state index is 11.3. The Morgan fingerprint density at radius 1 is 1.10 bits per heavy atom. The van der Waals surface area contributed by atoms with Gasteiger partial charge in [-0.3, -0.25) is 25.0 Å². The molecule has 0 aliphatic rings. The second-order valence-corrected chi connectivity index (χ2v) is 5.35. The molecule has 0 bridgehead atoms. The standard InChI is InChI=1S/C15H10N4O6.C2H4O2/c1-24-15-8-16-11-7-14(13(19(22)23)6-12(11)17-15)25-10-4-2-3-9(5-10)18(20)21;1-2(3)4/h2-8H,1H3;1H3,(H,3,4).